The molecule has 0 aliphatic heterocycles. The number of para-hydroxylation sites is 1. The van der Waals surface area contributed by atoms with Crippen molar-refractivity contribution in [2.75, 3.05) is 18.5 Å². The fourth-order valence-electron chi connectivity index (χ4n) is 2.61. The number of nitrogens with one attached hydrogen (secondary N) is 1. The highest BCUT2D eigenvalue weighted by molar-refractivity contribution is 6.04. The Morgan fingerprint density at radius 1 is 1.33 bits per heavy atom. The minimum Gasteiger partial charge on any atom is -0.478 e. The summed E-state index contributed by atoms with van der Waals surface area (Å²) in [6.45, 7) is 0.854. The van der Waals surface area contributed by atoms with E-state index >= 15 is 0 Å². The Morgan fingerprint density at radius 2 is 2.10 bits per heavy atom. The van der Waals surface area contributed by atoms with Crippen LogP contribution in [-0.4, -0.2) is 34.3 Å². The Kier molecular flexibility index (Phi) is 3.51. The van der Waals surface area contributed by atoms with Crippen LogP contribution in [0.15, 0.2) is 30.5 Å². The Bertz CT molecular complexity index is 680. The highest BCUT2D eigenvalue weighted by Gasteiger charge is 2.41. The number of pyridine rings is 1. The van der Waals surface area contributed by atoms with Crippen molar-refractivity contribution in [1.82, 2.24) is 4.98 Å². The second-order valence-corrected chi connectivity index (χ2v) is 5.70. The van der Waals surface area contributed by atoms with Gasteiger partial charge in [-0.15, -0.1) is 0 Å². The van der Waals surface area contributed by atoms with Crippen LogP contribution in [0.2, 0.25) is 0 Å². The Hall–Kier alpha value is -2.14. The molecule has 0 saturated heterocycles. The molecule has 0 amide bonds. The molecule has 1 saturated carbocycles. The summed E-state index contributed by atoms with van der Waals surface area (Å²) in [7, 11) is 0. The molecule has 21 heavy (non-hydrogen) atoms. The minimum absolute atomic E-state index is 0.0548. The minimum atomic E-state index is -0.987. The quantitative estimate of drug-likeness (QED) is 0.760. The van der Waals surface area contributed by atoms with Gasteiger partial charge in [0.25, 0.3) is 0 Å². The topological polar surface area (TPSA) is 82.5 Å². The molecule has 1 aromatic heterocycles. The third kappa shape index (κ3) is 2.69. The highest BCUT2D eigenvalue weighted by atomic mass is 16.4. The Balaban J connectivity index is 1.87. The van der Waals surface area contributed by atoms with E-state index in [0.717, 1.165) is 30.2 Å². The third-order valence-electron chi connectivity index (χ3n) is 4.26. The molecule has 1 aromatic carbocycles. The van der Waals surface area contributed by atoms with Crippen molar-refractivity contribution in [3.05, 3.63) is 36.0 Å². The third-order valence-corrected chi connectivity index (χ3v) is 4.26. The number of carboxylic acids is 1. The van der Waals surface area contributed by atoms with Crippen molar-refractivity contribution in [3.63, 3.8) is 0 Å². The van der Waals surface area contributed by atoms with Crippen LogP contribution >= 0.6 is 0 Å². The number of hydrogen-bond acceptors (Lipinski definition) is 4. The molecule has 3 rings (SSSR count). The molecule has 2 aromatic rings. The first-order valence-electron chi connectivity index (χ1n) is 7.11. The number of nitrogens with zero attached hydrogens (tertiary/aromatic N) is 1. The number of aliphatic hydroxyl groups is 1. The molecule has 0 radical (unpaired) electrons. The van der Waals surface area contributed by atoms with E-state index in [-0.39, 0.29) is 17.6 Å². The van der Waals surface area contributed by atoms with Gasteiger partial charge in [-0.1, -0.05) is 18.2 Å². The van der Waals surface area contributed by atoms with Crippen LogP contribution in [0, 0.1) is 5.41 Å². The molecular weight excluding hydrogens is 268 g/mol. The summed E-state index contributed by atoms with van der Waals surface area (Å²) in [6, 6.07) is 7.49. The molecule has 0 bridgehead atoms. The molecule has 110 valence electrons. The predicted octanol–water partition coefficient (Wildman–Crippen LogP) is 2.51. The lowest BCUT2D eigenvalue weighted by molar-refractivity contribution is 0.0697. The van der Waals surface area contributed by atoms with Crippen molar-refractivity contribution in [2.45, 2.75) is 19.3 Å². The molecule has 0 atom stereocenters. The van der Waals surface area contributed by atoms with Crippen molar-refractivity contribution in [2.24, 2.45) is 5.41 Å². The molecule has 3 N–H and O–H groups in total. The number of aromatic carboxylic acids is 1. The van der Waals surface area contributed by atoms with Gasteiger partial charge in [0.05, 0.1) is 11.2 Å². The number of aromatic nitrogens is 1. The second-order valence-electron chi connectivity index (χ2n) is 5.70. The maximum Gasteiger partial charge on any atom is 0.339 e. The smallest absolute Gasteiger partial charge is 0.339 e. The summed E-state index contributed by atoms with van der Waals surface area (Å²) < 4.78 is 0. The SMILES string of the molecule is O=C(O)c1cnc2ccccc2c1NCCC1(CO)CC1. The zero-order valence-corrected chi connectivity index (χ0v) is 11.7. The summed E-state index contributed by atoms with van der Waals surface area (Å²) in [5.74, 6) is -0.987. The van der Waals surface area contributed by atoms with Crippen molar-refractivity contribution in [1.29, 1.82) is 0 Å². The first-order chi connectivity index (χ1) is 10.2. The van der Waals surface area contributed by atoms with Crippen LogP contribution < -0.4 is 5.32 Å². The van der Waals surface area contributed by atoms with E-state index in [4.69, 9.17) is 0 Å². The van der Waals surface area contributed by atoms with Crippen LogP contribution in [0.5, 0.6) is 0 Å². The lowest BCUT2D eigenvalue weighted by Gasteiger charge is -2.15. The largest absolute Gasteiger partial charge is 0.478 e. The van der Waals surface area contributed by atoms with Gasteiger partial charge in [0.1, 0.15) is 5.56 Å². The van der Waals surface area contributed by atoms with Gasteiger partial charge in [-0.25, -0.2) is 4.79 Å². The van der Waals surface area contributed by atoms with Gasteiger partial charge in [-0.3, -0.25) is 4.98 Å². The second kappa shape index (κ2) is 5.33. The van der Waals surface area contributed by atoms with Crippen molar-refractivity contribution < 1.29 is 15.0 Å². The van der Waals surface area contributed by atoms with E-state index in [1.807, 2.05) is 24.3 Å². The van der Waals surface area contributed by atoms with Crippen molar-refractivity contribution >= 4 is 22.6 Å². The number of aliphatic hydroxyl groups excluding tert-OH is 1. The molecule has 1 heterocycles. The summed E-state index contributed by atoms with van der Waals surface area (Å²) in [6.07, 6.45) is 4.34. The number of benzene rings is 1. The van der Waals surface area contributed by atoms with E-state index in [2.05, 4.69) is 10.3 Å². The molecule has 1 aliphatic rings. The number of carbonyl (C=O) groups is 1. The predicted molar refractivity (Wildman–Crippen MR) is 80.6 cm³/mol. The summed E-state index contributed by atoms with van der Waals surface area (Å²) in [5, 5.41) is 22.7. The molecule has 5 nitrogen and oxygen atoms in total. The number of fused-ring (bicyclic) bond motifs is 1. The number of carboxylic acid groups (broad SMARTS) is 1. The average molecular weight is 286 g/mol. The molecule has 1 aliphatic carbocycles. The monoisotopic (exact) mass is 286 g/mol. The van der Waals surface area contributed by atoms with Crippen LogP contribution in [-0.2, 0) is 0 Å². The highest BCUT2D eigenvalue weighted by Crippen LogP contribution is 2.48. The lowest BCUT2D eigenvalue weighted by Crippen LogP contribution is -2.15. The van der Waals surface area contributed by atoms with Gasteiger partial charge >= 0.3 is 5.97 Å². The van der Waals surface area contributed by atoms with E-state index in [9.17, 15) is 15.0 Å². The Labute approximate surface area is 122 Å². The van der Waals surface area contributed by atoms with E-state index < -0.39 is 5.97 Å². The van der Waals surface area contributed by atoms with Gasteiger partial charge in [0.15, 0.2) is 0 Å². The molecule has 0 spiro atoms. The van der Waals surface area contributed by atoms with Gasteiger partial charge in [0, 0.05) is 24.7 Å². The van der Waals surface area contributed by atoms with Gasteiger partial charge < -0.3 is 15.5 Å². The number of rotatable bonds is 6. The maximum atomic E-state index is 11.4. The summed E-state index contributed by atoms with van der Waals surface area (Å²) >= 11 is 0. The molecular formula is C16H18N2O3. The van der Waals surface area contributed by atoms with Gasteiger partial charge in [-0.05, 0) is 30.7 Å². The van der Waals surface area contributed by atoms with E-state index in [1.54, 1.807) is 0 Å². The lowest BCUT2D eigenvalue weighted by atomic mass is 10.0. The summed E-state index contributed by atoms with van der Waals surface area (Å²) in [4.78, 5) is 15.6. The normalized spacial score (nSPS) is 15.9. The zero-order valence-electron chi connectivity index (χ0n) is 11.7. The molecule has 5 heteroatoms. The first-order valence-corrected chi connectivity index (χ1v) is 7.11. The maximum absolute atomic E-state index is 11.4. The fraction of sp³-hybridized carbons (Fsp3) is 0.375. The number of hydrogen-bond donors (Lipinski definition) is 3. The van der Waals surface area contributed by atoms with Crippen LogP contribution in [0.1, 0.15) is 29.6 Å². The number of anilines is 1. The molecule has 1 fully saturated rings. The van der Waals surface area contributed by atoms with Crippen molar-refractivity contribution in [3.8, 4) is 0 Å². The standard InChI is InChI=1S/C16H18N2O3/c19-10-16(5-6-16)7-8-17-14-11-3-1-2-4-13(11)18-9-12(14)15(20)21/h1-4,9,19H,5-8,10H2,(H,17,18)(H,20,21). The van der Waals surface area contributed by atoms with Crippen LogP contribution in [0.3, 0.4) is 0 Å². The van der Waals surface area contributed by atoms with Crippen LogP contribution in [0.25, 0.3) is 10.9 Å². The van der Waals surface area contributed by atoms with E-state index in [0.29, 0.717) is 12.2 Å². The fourth-order valence-corrected chi connectivity index (χ4v) is 2.61. The van der Waals surface area contributed by atoms with Gasteiger partial charge in [0.2, 0.25) is 0 Å². The van der Waals surface area contributed by atoms with Crippen LogP contribution in [0.4, 0.5) is 5.69 Å². The van der Waals surface area contributed by atoms with Gasteiger partial charge in [-0.2, -0.15) is 0 Å². The molecule has 0 unspecified atom stereocenters. The van der Waals surface area contributed by atoms with E-state index in [1.165, 1.54) is 6.20 Å². The summed E-state index contributed by atoms with van der Waals surface area (Å²) in [5.41, 5.74) is 1.62. The Morgan fingerprint density at radius 3 is 2.76 bits per heavy atom. The first kappa shape index (κ1) is 13.8. The average Bonchev–Trinajstić information content (AvgIpc) is 3.27. The zero-order chi connectivity index (χ0) is 14.9.